The van der Waals surface area contributed by atoms with Gasteiger partial charge in [0.05, 0.1) is 6.20 Å². The van der Waals surface area contributed by atoms with Gasteiger partial charge in [0.15, 0.2) is 0 Å². The first kappa shape index (κ1) is 6.85. The van der Waals surface area contributed by atoms with Gasteiger partial charge in [0.1, 0.15) is 0 Å². The molecule has 3 nitrogen and oxygen atoms in total. The fraction of sp³-hybridized carbons (Fsp3) is 0.625. The highest BCUT2D eigenvalue weighted by Crippen LogP contribution is 2.46. The van der Waals surface area contributed by atoms with Crippen molar-refractivity contribution in [1.29, 1.82) is 0 Å². The molecule has 3 heteroatoms. The molecule has 1 heterocycles. The molecule has 0 radical (unpaired) electrons. The summed E-state index contributed by atoms with van der Waals surface area (Å²) in [5.41, 5.74) is 6.89. The summed E-state index contributed by atoms with van der Waals surface area (Å²) in [6.45, 7) is 0.819. The summed E-state index contributed by atoms with van der Waals surface area (Å²) in [5, 5.41) is 4.12. The van der Waals surface area contributed by atoms with Crippen molar-refractivity contribution < 1.29 is 0 Å². The first-order valence-corrected chi connectivity index (χ1v) is 4.00. The summed E-state index contributed by atoms with van der Waals surface area (Å²) in [4.78, 5) is 0. The van der Waals surface area contributed by atoms with Crippen LogP contribution in [0.3, 0.4) is 0 Å². The van der Waals surface area contributed by atoms with Gasteiger partial charge in [0, 0.05) is 13.2 Å². The van der Waals surface area contributed by atoms with E-state index >= 15 is 0 Å². The van der Waals surface area contributed by atoms with Gasteiger partial charge in [-0.05, 0) is 30.4 Å². The molecule has 0 aliphatic heterocycles. The predicted octanol–water partition coefficient (Wildman–Crippen LogP) is 0.482. The Bertz CT molecular complexity index is 254. The van der Waals surface area contributed by atoms with Crippen molar-refractivity contribution in [3.8, 4) is 0 Å². The average molecular weight is 151 g/mol. The van der Waals surface area contributed by atoms with Crippen molar-refractivity contribution in [2.24, 2.45) is 18.7 Å². The fourth-order valence-electron chi connectivity index (χ4n) is 1.55. The molecule has 1 aromatic heterocycles. The molecule has 2 N–H and O–H groups in total. The molecule has 1 fully saturated rings. The lowest BCUT2D eigenvalue weighted by Crippen LogP contribution is -2.01. The molecule has 0 bridgehead atoms. The molecule has 0 saturated heterocycles. The van der Waals surface area contributed by atoms with Gasteiger partial charge in [-0.2, -0.15) is 5.10 Å². The molecule has 11 heavy (non-hydrogen) atoms. The number of aryl methyl sites for hydroxylation is 1. The SMILES string of the molecule is Cn1cc([C@@H]2C[C@H]2CN)cn1. The van der Waals surface area contributed by atoms with Gasteiger partial charge in [-0.3, -0.25) is 4.68 Å². The van der Waals surface area contributed by atoms with Crippen molar-refractivity contribution >= 4 is 0 Å². The summed E-state index contributed by atoms with van der Waals surface area (Å²) in [6.07, 6.45) is 5.28. The van der Waals surface area contributed by atoms with E-state index in [1.165, 1.54) is 12.0 Å². The van der Waals surface area contributed by atoms with Gasteiger partial charge in [-0.15, -0.1) is 0 Å². The molecule has 0 unspecified atom stereocenters. The Kier molecular flexibility index (Phi) is 1.46. The smallest absolute Gasteiger partial charge is 0.0524 e. The summed E-state index contributed by atoms with van der Waals surface area (Å²) >= 11 is 0. The minimum Gasteiger partial charge on any atom is -0.330 e. The molecule has 0 amide bonds. The third-order valence-corrected chi connectivity index (χ3v) is 2.38. The van der Waals surface area contributed by atoms with Crippen LogP contribution in [0.4, 0.5) is 0 Å². The van der Waals surface area contributed by atoms with Crippen LogP contribution in [0.5, 0.6) is 0 Å². The first-order chi connectivity index (χ1) is 5.31. The Labute approximate surface area is 66.2 Å². The van der Waals surface area contributed by atoms with Crippen molar-refractivity contribution in [2.45, 2.75) is 12.3 Å². The van der Waals surface area contributed by atoms with Crippen molar-refractivity contribution in [3.05, 3.63) is 18.0 Å². The number of rotatable bonds is 2. The molecular formula is C8H13N3. The van der Waals surface area contributed by atoms with E-state index in [0.29, 0.717) is 5.92 Å². The molecular weight excluding hydrogens is 138 g/mol. The van der Waals surface area contributed by atoms with Crippen LogP contribution < -0.4 is 5.73 Å². The Morgan fingerprint density at radius 1 is 1.82 bits per heavy atom. The summed E-state index contributed by atoms with van der Waals surface area (Å²) in [5.74, 6) is 1.42. The number of aromatic nitrogens is 2. The maximum atomic E-state index is 5.54. The Morgan fingerprint density at radius 3 is 3.09 bits per heavy atom. The van der Waals surface area contributed by atoms with Gasteiger partial charge in [0.25, 0.3) is 0 Å². The fourth-order valence-corrected chi connectivity index (χ4v) is 1.55. The summed E-state index contributed by atoms with van der Waals surface area (Å²) < 4.78 is 1.85. The molecule has 1 aliphatic carbocycles. The number of hydrogen-bond donors (Lipinski definition) is 1. The lowest BCUT2D eigenvalue weighted by atomic mass is 10.2. The van der Waals surface area contributed by atoms with Crippen LogP contribution in [0.2, 0.25) is 0 Å². The van der Waals surface area contributed by atoms with Crippen LogP contribution in [-0.4, -0.2) is 16.3 Å². The molecule has 1 aliphatic rings. The zero-order valence-electron chi connectivity index (χ0n) is 6.70. The molecule has 2 rings (SSSR count). The van der Waals surface area contributed by atoms with E-state index in [9.17, 15) is 0 Å². The van der Waals surface area contributed by atoms with Gasteiger partial charge in [0.2, 0.25) is 0 Å². The van der Waals surface area contributed by atoms with Gasteiger partial charge >= 0.3 is 0 Å². The standard InChI is InChI=1S/C8H13N3/c1-11-5-7(4-10-11)8-2-6(8)3-9/h4-6,8H,2-3,9H2,1H3/t6-,8+/m0/s1. The van der Waals surface area contributed by atoms with Crippen molar-refractivity contribution in [2.75, 3.05) is 6.54 Å². The van der Waals surface area contributed by atoms with Crippen LogP contribution in [0.25, 0.3) is 0 Å². The monoisotopic (exact) mass is 151 g/mol. The normalized spacial score (nSPS) is 28.9. The molecule has 2 atom stereocenters. The second-order valence-corrected chi connectivity index (χ2v) is 3.29. The number of hydrogen-bond acceptors (Lipinski definition) is 2. The van der Waals surface area contributed by atoms with Crippen molar-refractivity contribution in [1.82, 2.24) is 9.78 Å². The first-order valence-electron chi connectivity index (χ1n) is 4.00. The van der Waals surface area contributed by atoms with Crippen LogP contribution in [0.1, 0.15) is 17.9 Å². The highest BCUT2D eigenvalue weighted by molar-refractivity contribution is 5.20. The van der Waals surface area contributed by atoms with E-state index in [0.717, 1.165) is 12.5 Å². The molecule has 0 aromatic carbocycles. The van der Waals surface area contributed by atoms with Gasteiger partial charge in [-0.25, -0.2) is 0 Å². The van der Waals surface area contributed by atoms with Gasteiger partial charge in [-0.1, -0.05) is 0 Å². The quantitative estimate of drug-likeness (QED) is 0.668. The molecule has 1 aromatic rings. The zero-order valence-corrected chi connectivity index (χ0v) is 6.70. The molecule has 1 saturated carbocycles. The maximum Gasteiger partial charge on any atom is 0.0524 e. The highest BCUT2D eigenvalue weighted by Gasteiger charge is 2.37. The van der Waals surface area contributed by atoms with E-state index < -0.39 is 0 Å². The molecule has 60 valence electrons. The Hall–Kier alpha value is -0.830. The van der Waals surface area contributed by atoms with E-state index in [4.69, 9.17) is 5.73 Å². The number of nitrogens with two attached hydrogens (primary N) is 1. The van der Waals surface area contributed by atoms with Crippen LogP contribution in [0.15, 0.2) is 12.4 Å². The average Bonchev–Trinajstić information content (AvgIpc) is 2.68. The van der Waals surface area contributed by atoms with Crippen LogP contribution in [0, 0.1) is 5.92 Å². The largest absolute Gasteiger partial charge is 0.330 e. The van der Waals surface area contributed by atoms with E-state index in [2.05, 4.69) is 11.3 Å². The Morgan fingerprint density at radius 2 is 2.64 bits per heavy atom. The lowest BCUT2D eigenvalue weighted by molar-refractivity contribution is 0.765. The number of nitrogens with zero attached hydrogens (tertiary/aromatic N) is 2. The van der Waals surface area contributed by atoms with Gasteiger partial charge < -0.3 is 5.73 Å². The summed E-state index contributed by atoms with van der Waals surface area (Å²) in [7, 11) is 1.95. The van der Waals surface area contributed by atoms with E-state index in [1.807, 2.05) is 17.9 Å². The second kappa shape index (κ2) is 2.34. The summed E-state index contributed by atoms with van der Waals surface area (Å²) in [6, 6.07) is 0. The van der Waals surface area contributed by atoms with Crippen LogP contribution in [-0.2, 0) is 7.05 Å². The maximum absolute atomic E-state index is 5.54. The third-order valence-electron chi connectivity index (χ3n) is 2.38. The molecule has 0 spiro atoms. The van der Waals surface area contributed by atoms with Crippen LogP contribution >= 0.6 is 0 Å². The van der Waals surface area contributed by atoms with Crippen molar-refractivity contribution in [3.63, 3.8) is 0 Å². The lowest BCUT2D eigenvalue weighted by Gasteiger charge is -1.90. The third kappa shape index (κ3) is 1.16. The van der Waals surface area contributed by atoms with E-state index in [1.54, 1.807) is 0 Å². The zero-order chi connectivity index (χ0) is 7.84. The second-order valence-electron chi connectivity index (χ2n) is 3.29. The highest BCUT2D eigenvalue weighted by atomic mass is 15.2. The van der Waals surface area contributed by atoms with E-state index in [-0.39, 0.29) is 0 Å². The Balaban J connectivity index is 2.08. The minimum atomic E-state index is 0.702. The topological polar surface area (TPSA) is 43.8 Å². The predicted molar refractivity (Wildman–Crippen MR) is 43.1 cm³/mol. The minimum absolute atomic E-state index is 0.702.